The quantitative estimate of drug-likeness (QED) is 0.851. The minimum absolute atomic E-state index is 0.127. The number of hydrogen-bond donors (Lipinski definition) is 1. The molecule has 0 amide bonds. The predicted molar refractivity (Wildman–Crippen MR) is 71.4 cm³/mol. The third-order valence-corrected chi connectivity index (χ3v) is 3.74. The minimum Gasteiger partial charge on any atom is -0.383 e. The summed E-state index contributed by atoms with van der Waals surface area (Å²) in [4.78, 5) is 8.83. The van der Waals surface area contributed by atoms with Gasteiger partial charge in [0.15, 0.2) is 0 Å². The Kier molecular flexibility index (Phi) is 4.37. The average molecular weight is 252 g/mol. The number of nitrogens with zero attached hydrogens (tertiary/aromatic N) is 4. The summed E-state index contributed by atoms with van der Waals surface area (Å²) in [7, 11) is 4.18. The molecule has 0 aliphatic carbocycles. The normalized spacial score (nSPS) is 24.3. The van der Waals surface area contributed by atoms with Crippen LogP contribution in [0.25, 0.3) is 0 Å². The fourth-order valence-corrected chi connectivity index (χ4v) is 2.57. The highest BCUT2D eigenvalue weighted by Crippen LogP contribution is 2.22. The first-order valence-electron chi connectivity index (χ1n) is 6.71. The summed E-state index contributed by atoms with van der Waals surface area (Å²) in [5.74, 6) is 0.795. The van der Waals surface area contributed by atoms with Gasteiger partial charge in [0, 0.05) is 38.6 Å². The van der Waals surface area contributed by atoms with Crippen LogP contribution in [0.5, 0.6) is 0 Å². The Labute approximate surface area is 109 Å². The number of hydrogen-bond acceptors (Lipinski definition) is 4. The molecule has 1 aliphatic rings. The maximum Gasteiger partial charge on any atom is 0.139 e. The Morgan fingerprint density at radius 2 is 2.22 bits per heavy atom. The molecular weight excluding hydrogens is 228 g/mol. The van der Waals surface area contributed by atoms with Crippen molar-refractivity contribution >= 4 is 0 Å². The summed E-state index contributed by atoms with van der Waals surface area (Å²) >= 11 is 0. The fraction of sp³-hybridized carbons (Fsp3) is 0.769. The molecule has 102 valence electrons. The molecule has 0 aromatic carbocycles. The number of aliphatic hydroxyl groups excluding tert-OH is 1. The van der Waals surface area contributed by atoms with Gasteiger partial charge in [-0.15, -0.1) is 0 Å². The van der Waals surface area contributed by atoms with Crippen LogP contribution in [0.3, 0.4) is 0 Å². The topological polar surface area (TPSA) is 44.5 Å². The van der Waals surface area contributed by atoms with Crippen LogP contribution in [0.2, 0.25) is 0 Å². The van der Waals surface area contributed by atoms with E-state index in [9.17, 15) is 5.11 Å². The van der Waals surface area contributed by atoms with Crippen molar-refractivity contribution in [2.45, 2.75) is 32.0 Å². The van der Waals surface area contributed by atoms with Gasteiger partial charge >= 0.3 is 0 Å². The van der Waals surface area contributed by atoms with E-state index in [1.54, 1.807) is 6.20 Å². The minimum atomic E-state index is -0.515. The van der Waals surface area contributed by atoms with E-state index in [0.29, 0.717) is 0 Å². The van der Waals surface area contributed by atoms with Gasteiger partial charge in [-0.2, -0.15) is 0 Å². The first-order chi connectivity index (χ1) is 8.63. The van der Waals surface area contributed by atoms with Crippen molar-refractivity contribution in [3.63, 3.8) is 0 Å². The molecule has 0 saturated carbocycles. The Hall–Kier alpha value is -0.910. The number of imidazole rings is 1. The van der Waals surface area contributed by atoms with E-state index in [-0.39, 0.29) is 6.04 Å². The second kappa shape index (κ2) is 5.82. The molecule has 2 heterocycles. The van der Waals surface area contributed by atoms with Crippen LogP contribution in [0.4, 0.5) is 0 Å². The SMILES string of the molecule is CCCn1ccnc1C(O)C1CN(C)CCN1C. The molecule has 1 aliphatic heterocycles. The van der Waals surface area contributed by atoms with Gasteiger partial charge in [-0.3, -0.25) is 4.90 Å². The van der Waals surface area contributed by atoms with Crippen molar-refractivity contribution in [1.29, 1.82) is 0 Å². The van der Waals surface area contributed by atoms with Gasteiger partial charge in [-0.05, 0) is 20.5 Å². The third-order valence-electron chi connectivity index (χ3n) is 3.74. The van der Waals surface area contributed by atoms with E-state index in [0.717, 1.165) is 38.4 Å². The second-order valence-corrected chi connectivity index (χ2v) is 5.23. The van der Waals surface area contributed by atoms with Gasteiger partial charge in [0.05, 0.1) is 6.04 Å². The number of rotatable bonds is 4. The zero-order valence-electron chi connectivity index (χ0n) is 11.6. The van der Waals surface area contributed by atoms with Crippen LogP contribution < -0.4 is 0 Å². The smallest absolute Gasteiger partial charge is 0.139 e. The number of aromatic nitrogens is 2. The Balaban J connectivity index is 2.13. The average Bonchev–Trinajstić information content (AvgIpc) is 2.80. The van der Waals surface area contributed by atoms with Crippen LogP contribution in [-0.2, 0) is 6.54 Å². The molecule has 1 aromatic rings. The van der Waals surface area contributed by atoms with Crippen molar-refractivity contribution < 1.29 is 5.11 Å². The molecule has 2 atom stereocenters. The van der Waals surface area contributed by atoms with Crippen molar-refractivity contribution in [3.8, 4) is 0 Å². The van der Waals surface area contributed by atoms with E-state index in [2.05, 4.69) is 40.4 Å². The molecule has 0 radical (unpaired) electrons. The summed E-state index contributed by atoms with van der Waals surface area (Å²) in [5, 5.41) is 10.6. The van der Waals surface area contributed by atoms with Crippen LogP contribution in [0.15, 0.2) is 12.4 Å². The third kappa shape index (κ3) is 2.74. The highest BCUT2D eigenvalue weighted by Gasteiger charge is 2.31. The molecule has 5 nitrogen and oxygen atoms in total. The lowest BCUT2D eigenvalue weighted by Gasteiger charge is -2.39. The number of aliphatic hydroxyl groups is 1. The van der Waals surface area contributed by atoms with E-state index >= 15 is 0 Å². The van der Waals surface area contributed by atoms with E-state index in [1.807, 2.05) is 6.20 Å². The van der Waals surface area contributed by atoms with Crippen LogP contribution in [0.1, 0.15) is 25.3 Å². The maximum atomic E-state index is 10.6. The van der Waals surface area contributed by atoms with Crippen molar-refractivity contribution in [1.82, 2.24) is 19.4 Å². The number of likely N-dealkylation sites (N-methyl/N-ethyl adjacent to an activating group) is 2. The van der Waals surface area contributed by atoms with Crippen LogP contribution in [0, 0.1) is 0 Å². The predicted octanol–water partition coefficient (Wildman–Crippen LogP) is 0.572. The van der Waals surface area contributed by atoms with Gasteiger partial charge < -0.3 is 14.6 Å². The summed E-state index contributed by atoms with van der Waals surface area (Å²) in [6, 6.07) is 0.127. The molecule has 1 N–H and O–H groups in total. The number of piperazine rings is 1. The molecule has 18 heavy (non-hydrogen) atoms. The molecule has 2 unspecified atom stereocenters. The van der Waals surface area contributed by atoms with Gasteiger partial charge in [0.2, 0.25) is 0 Å². The summed E-state index contributed by atoms with van der Waals surface area (Å²) < 4.78 is 2.06. The molecular formula is C13H24N4O. The van der Waals surface area contributed by atoms with E-state index in [1.165, 1.54) is 0 Å². The number of aryl methyl sites for hydroxylation is 1. The maximum absolute atomic E-state index is 10.6. The molecule has 1 fully saturated rings. The Bertz CT molecular complexity index is 379. The highest BCUT2D eigenvalue weighted by atomic mass is 16.3. The zero-order valence-corrected chi connectivity index (χ0v) is 11.6. The molecule has 0 bridgehead atoms. The summed E-state index contributed by atoms with van der Waals surface area (Å²) in [5.41, 5.74) is 0. The van der Waals surface area contributed by atoms with Crippen molar-refractivity contribution in [3.05, 3.63) is 18.2 Å². The Morgan fingerprint density at radius 3 is 2.94 bits per heavy atom. The van der Waals surface area contributed by atoms with Gasteiger partial charge in [-0.1, -0.05) is 6.92 Å². The van der Waals surface area contributed by atoms with E-state index < -0.39 is 6.10 Å². The standard InChI is InChI=1S/C13H24N4O/c1-4-6-17-7-5-14-13(17)12(18)11-10-15(2)8-9-16(11)3/h5,7,11-12,18H,4,6,8-10H2,1-3H3. The molecule has 1 saturated heterocycles. The lowest BCUT2D eigenvalue weighted by atomic mass is 10.1. The largest absolute Gasteiger partial charge is 0.383 e. The zero-order chi connectivity index (χ0) is 13.1. The Morgan fingerprint density at radius 1 is 1.44 bits per heavy atom. The first-order valence-corrected chi connectivity index (χ1v) is 6.71. The lowest BCUT2D eigenvalue weighted by Crippen LogP contribution is -2.52. The van der Waals surface area contributed by atoms with Crippen molar-refractivity contribution in [2.24, 2.45) is 0 Å². The van der Waals surface area contributed by atoms with Gasteiger partial charge in [0.1, 0.15) is 11.9 Å². The molecule has 1 aromatic heterocycles. The lowest BCUT2D eigenvalue weighted by molar-refractivity contribution is 0.00779. The fourth-order valence-electron chi connectivity index (χ4n) is 2.57. The summed E-state index contributed by atoms with van der Waals surface area (Å²) in [6.07, 6.45) is 4.27. The molecule has 0 spiro atoms. The highest BCUT2D eigenvalue weighted by molar-refractivity contribution is 5.02. The van der Waals surface area contributed by atoms with Crippen LogP contribution in [-0.4, -0.2) is 64.2 Å². The van der Waals surface area contributed by atoms with Gasteiger partial charge in [-0.25, -0.2) is 4.98 Å². The van der Waals surface area contributed by atoms with E-state index in [4.69, 9.17) is 0 Å². The first kappa shape index (κ1) is 13.5. The molecule has 2 rings (SSSR count). The second-order valence-electron chi connectivity index (χ2n) is 5.23. The summed E-state index contributed by atoms with van der Waals surface area (Å²) in [6.45, 7) is 5.99. The molecule has 5 heteroatoms. The van der Waals surface area contributed by atoms with Crippen molar-refractivity contribution in [2.75, 3.05) is 33.7 Å². The van der Waals surface area contributed by atoms with Gasteiger partial charge in [0.25, 0.3) is 0 Å². The van der Waals surface area contributed by atoms with Crippen LogP contribution >= 0.6 is 0 Å². The monoisotopic (exact) mass is 252 g/mol.